The first-order valence-electron chi connectivity index (χ1n) is 7.91. The SMILES string of the molecule is Cc1ccc(C(=O)NC(C)c2nc(-c3ccc(C)c(Cl)c3)no2)cc1. The van der Waals surface area contributed by atoms with Crippen LogP contribution < -0.4 is 5.32 Å². The van der Waals surface area contributed by atoms with Crippen LogP contribution in [0.25, 0.3) is 11.4 Å². The third-order valence-electron chi connectivity index (χ3n) is 3.90. The lowest BCUT2D eigenvalue weighted by Crippen LogP contribution is -2.26. The van der Waals surface area contributed by atoms with Gasteiger partial charge < -0.3 is 9.84 Å². The van der Waals surface area contributed by atoms with Crippen LogP contribution in [0.4, 0.5) is 0 Å². The second-order valence-electron chi connectivity index (χ2n) is 5.98. The highest BCUT2D eigenvalue weighted by Gasteiger charge is 2.18. The number of carbonyl (C=O) groups is 1. The van der Waals surface area contributed by atoms with E-state index < -0.39 is 6.04 Å². The molecule has 0 aliphatic carbocycles. The average molecular weight is 356 g/mol. The molecule has 6 heteroatoms. The first kappa shape index (κ1) is 17.2. The van der Waals surface area contributed by atoms with Crippen molar-refractivity contribution in [2.45, 2.75) is 26.8 Å². The molecule has 0 aliphatic rings. The Bertz CT molecular complexity index is 903. The summed E-state index contributed by atoms with van der Waals surface area (Å²) in [6.45, 7) is 5.70. The van der Waals surface area contributed by atoms with Crippen molar-refractivity contribution < 1.29 is 9.32 Å². The topological polar surface area (TPSA) is 68.0 Å². The van der Waals surface area contributed by atoms with Gasteiger partial charge in [0.2, 0.25) is 11.7 Å². The molecular formula is C19H18ClN3O2. The summed E-state index contributed by atoms with van der Waals surface area (Å²) in [5.41, 5.74) is 3.43. The van der Waals surface area contributed by atoms with Gasteiger partial charge in [-0.2, -0.15) is 4.98 Å². The maximum atomic E-state index is 12.3. The van der Waals surface area contributed by atoms with Crippen molar-refractivity contribution in [1.82, 2.24) is 15.5 Å². The van der Waals surface area contributed by atoms with Crippen LogP contribution in [0.3, 0.4) is 0 Å². The molecule has 25 heavy (non-hydrogen) atoms. The van der Waals surface area contributed by atoms with Crippen molar-refractivity contribution >= 4 is 17.5 Å². The quantitative estimate of drug-likeness (QED) is 0.748. The molecule has 1 unspecified atom stereocenters. The highest BCUT2D eigenvalue weighted by molar-refractivity contribution is 6.31. The fraction of sp³-hybridized carbons (Fsp3) is 0.211. The maximum Gasteiger partial charge on any atom is 0.251 e. The first-order chi connectivity index (χ1) is 11.9. The molecule has 1 heterocycles. The summed E-state index contributed by atoms with van der Waals surface area (Å²) in [6, 6.07) is 12.5. The fourth-order valence-corrected chi connectivity index (χ4v) is 2.49. The van der Waals surface area contributed by atoms with Gasteiger partial charge in [0.05, 0.1) is 0 Å². The van der Waals surface area contributed by atoms with Crippen LogP contribution in [0, 0.1) is 13.8 Å². The van der Waals surface area contributed by atoms with Crippen LogP contribution in [0.5, 0.6) is 0 Å². The molecule has 1 aromatic heterocycles. The molecule has 0 saturated carbocycles. The van der Waals surface area contributed by atoms with Crippen LogP contribution >= 0.6 is 11.6 Å². The van der Waals surface area contributed by atoms with Gasteiger partial charge in [-0.15, -0.1) is 0 Å². The Morgan fingerprint density at radius 1 is 1.16 bits per heavy atom. The Morgan fingerprint density at radius 3 is 2.56 bits per heavy atom. The van der Waals surface area contributed by atoms with E-state index in [-0.39, 0.29) is 5.91 Å². The van der Waals surface area contributed by atoms with E-state index in [1.54, 1.807) is 25.1 Å². The van der Waals surface area contributed by atoms with E-state index in [0.717, 1.165) is 16.7 Å². The molecule has 1 amide bonds. The van der Waals surface area contributed by atoms with E-state index in [0.29, 0.717) is 22.3 Å². The van der Waals surface area contributed by atoms with E-state index >= 15 is 0 Å². The highest BCUT2D eigenvalue weighted by atomic mass is 35.5. The summed E-state index contributed by atoms with van der Waals surface area (Å²) < 4.78 is 5.29. The van der Waals surface area contributed by atoms with Gasteiger partial charge >= 0.3 is 0 Å². The lowest BCUT2D eigenvalue weighted by atomic mass is 10.1. The number of benzene rings is 2. The number of aryl methyl sites for hydroxylation is 2. The van der Waals surface area contributed by atoms with Gasteiger partial charge in [-0.25, -0.2) is 0 Å². The van der Waals surface area contributed by atoms with E-state index in [2.05, 4.69) is 15.5 Å². The van der Waals surface area contributed by atoms with Gasteiger partial charge in [-0.1, -0.05) is 46.6 Å². The molecule has 0 radical (unpaired) electrons. The minimum Gasteiger partial charge on any atom is -0.341 e. The maximum absolute atomic E-state index is 12.3. The summed E-state index contributed by atoms with van der Waals surface area (Å²) in [5.74, 6) is 0.589. The molecule has 3 aromatic rings. The number of nitrogens with one attached hydrogen (secondary N) is 1. The van der Waals surface area contributed by atoms with Gasteiger partial charge in [-0.3, -0.25) is 4.79 Å². The number of hydrogen-bond acceptors (Lipinski definition) is 4. The molecule has 2 aromatic carbocycles. The average Bonchev–Trinajstić information content (AvgIpc) is 3.08. The van der Waals surface area contributed by atoms with E-state index in [9.17, 15) is 4.79 Å². The third-order valence-corrected chi connectivity index (χ3v) is 4.31. The Hall–Kier alpha value is -2.66. The molecule has 0 fully saturated rings. The van der Waals surface area contributed by atoms with Crippen LogP contribution in [-0.2, 0) is 0 Å². The van der Waals surface area contributed by atoms with Crippen molar-refractivity contribution in [3.8, 4) is 11.4 Å². The number of rotatable bonds is 4. The summed E-state index contributed by atoms with van der Waals surface area (Å²) in [7, 11) is 0. The second-order valence-corrected chi connectivity index (χ2v) is 6.39. The molecular weight excluding hydrogens is 338 g/mol. The van der Waals surface area contributed by atoms with Gasteiger partial charge in [0.15, 0.2) is 0 Å². The zero-order valence-corrected chi connectivity index (χ0v) is 15.0. The number of aromatic nitrogens is 2. The van der Waals surface area contributed by atoms with Crippen LogP contribution in [0.2, 0.25) is 5.02 Å². The van der Waals surface area contributed by atoms with Crippen LogP contribution in [0.1, 0.15) is 40.3 Å². The van der Waals surface area contributed by atoms with Gasteiger partial charge in [0.1, 0.15) is 6.04 Å². The number of hydrogen-bond donors (Lipinski definition) is 1. The number of nitrogens with zero attached hydrogens (tertiary/aromatic N) is 2. The third kappa shape index (κ3) is 3.88. The second kappa shape index (κ2) is 7.07. The van der Waals surface area contributed by atoms with Crippen molar-refractivity contribution in [1.29, 1.82) is 0 Å². The summed E-state index contributed by atoms with van der Waals surface area (Å²) >= 11 is 6.14. The van der Waals surface area contributed by atoms with E-state index in [4.69, 9.17) is 16.1 Å². The lowest BCUT2D eigenvalue weighted by Gasteiger charge is -2.09. The van der Waals surface area contributed by atoms with Gasteiger partial charge in [0.25, 0.3) is 5.91 Å². The summed E-state index contributed by atoms with van der Waals surface area (Å²) in [5, 5.41) is 7.47. The fourth-order valence-electron chi connectivity index (χ4n) is 2.31. The smallest absolute Gasteiger partial charge is 0.251 e. The molecule has 0 spiro atoms. The largest absolute Gasteiger partial charge is 0.341 e. The minimum absolute atomic E-state index is 0.189. The van der Waals surface area contributed by atoms with Crippen molar-refractivity contribution in [3.63, 3.8) is 0 Å². The number of halogens is 1. The van der Waals surface area contributed by atoms with Crippen LogP contribution in [0.15, 0.2) is 47.0 Å². The molecule has 1 atom stereocenters. The zero-order chi connectivity index (χ0) is 18.0. The molecule has 1 N–H and O–H groups in total. The molecule has 0 aliphatic heterocycles. The Labute approximate surface area is 151 Å². The Kier molecular flexibility index (Phi) is 4.86. The number of carbonyl (C=O) groups excluding carboxylic acids is 1. The standard InChI is InChI=1S/C19H18ClN3O2/c1-11-4-7-14(8-5-11)18(24)21-13(3)19-22-17(23-25-19)15-9-6-12(2)16(20)10-15/h4-10,13H,1-3H3,(H,21,24). The summed E-state index contributed by atoms with van der Waals surface area (Å²) in [6.07, 6.45) is 0. The lowest BCUT2D eigenvalue weighted by molar-refractivity contribution is 0.0932. The molecule has 0 bridgehead atoms. The highest BCUT2D eigenvalue weighted by Crippen LogP contribution is 2.24. The van der Waals surface area contributed by atoms with E-state index in [1.807, 2.05) is 38.1 Å². The van der Waals surface area contributed by atoms with Gasteiger partial charge in [-0.05, 0) is 44.5 Å². The molecule has 5 nitrogen and oxygen atoms in total. The summed E-state index contributed by atoms with van der Waals surface area (Å²) in [4.78, 5) is 16.6. The molecule has 128 valence electrons. The van der Waals surface area contributed by atoms with E-state index in [1.165, 1.54) is 0 Å². The van der Waals surface area contributed by atoms with Crippen molar-refractivity contribution in [2.75, 3.05) is 0 Å². The zero-order valence-electron chi connectivity index (χ0n) is 14.2. The molecule has 0 saturated heterocycles. The molecule has 3 rings (SSSR count). The number of amides is 1. The van der Waals surface area contributed by atoms with Crippen molar-refractivity contribution in [2.24, 2.45) is 0 Å². The Balaban J connectivity index is 1.74. The predicted octanol–water partition coefficient (Wildman–Crippen LogP) is 4.50. The monoisotopic (exact) mass is 355 g/mol. The van der Waals surface area contributed by atoms with Crippen molar-refractivity contribution in [3.05, 3.63) is 70.1 Å². The van der Waals surface area contributed by atoms with Gasteiger partial charge in [0, 0.05) is 16.1 Å². The predicted molar refractivity (Wildman–Crippen MR) is 96.5 cm³/mol. The van der Waals surface area contributed by atoms with Crippen LogP contribution in [-0.4, -0.2) is 16.0 Å². The Morgan fingerprint density at radius 2 is 1.88 bits per heavy atom. The minimum atomic E-state index is -0.407. The first-order valence-corrected chi connectivity index (χ1v) is 8.29. The normalized spacial score (nSPS) is 12.0.